The molecule has 1 aromatic carbocycles. The first-order chi connectivity index (χ1) is 7.36. The fourth-order valence-corrected chi connectivity index (χ4v) is 2.97. The van der Waals surface area contributed by atoms with Crippen LogP contribution in [0, 0.1) is 11.8 Å². The maximum Gasteiger partial charge on any atom is 0.119 e. The Hall–Kier alpha value is -1.24. The zero-order valence-corrected chi connectivity index (χ0v) is 9.07. The van der Waals surface area contributed by atoms with Gasteiger partial charge in [-0.3, -0.25) is 0 Å². The highest BCUT2D eigenvalue weighted by atomic mass is 16.5. The molecule has 2 aliphatic rings. The van der Waals surface area contributed by atoms with Gasteiger partial charge in [0.2, 0.25) is 0 Å². The van der Waals surface area contributed by atoms with Gasteiger partial charge in [-0.2, -0.15) is 0 Å². The van der Waals surface area contributed by atoms with E-state index in [1.165, 1.54) is 24.8 Å². The molecule has 0 heterocycles. The zero-order chi connectivity index (χ0) is 10.3. The van der Waals surface area contributed by atoms with Gasteiger partial charge in [0.25, 0.3) is 0 Å². The maximum atomic E-state index is 5.27. The first-order valence-corrected chi connectivity index (χ1v) is 5.73. The number of benzene rings is 1. The summed E-state index contributed by atoms with van der Waals surface area (Å²) in [5.74, 6) is 2.65. The summed E-state index contributed by atoms with van der Waals surface area (Å²) in [4.78, 5) is 0. The summed E-state index contributed by atoms with van der Waals surface area (Å²) in [5.41, 5.74) is 2.92. The second-order valence-corrected chi connectivity index (χ2v) is 4.62. The Bertz CT molecular complexity index is 406. The van der Waals surface area contributed by atoms with Crippen LogP contribution in [0.1, 0.15) is 24.8 Å². The highest BCUT2D eigenvalue weighted by Gasteiger charge is 2.33. The van der Waals surface area contributed by atoms with Gasteiger partial charge >= 0.3 is 0 Å². The zero-order valence-electron chi connectivity index (χ0n) is 9.07. The van der Waals surface area contributed by atoms with E-state index in [0.717, 1.165) is 17.6 Å². The second kappa shape index (κ2) is 3.41. The van der Waals surface area contributed by atoms with Crippen molar-refractivity contribution >= 4 is 5.57 Å². The molecular formula is C14H16O. The first-order valence-electron chi connectivity index (χ1n) is 5.73. The van der Waals surface area contributed by atoms with Gasteiger partial charge in [-0.05, 0) is 54.4 Å². The van der Waals surface area contributed by atoms with Crippen LogP contribution < -0.4 is 4.74 Å². The van der Waals surface area contributed by atoms with E-state index in [1.54, 1.807) is 12.7 Å². The minimum Gasteiger partial charge on any atom is -0.497 e. The molecule has 0 aromatic heterocycles. The van der Waals surface area contributed by atoms with Gasteiger partial charge in [0.15, 0.2) is 0 Å². The monoisotopic (exact) mass is 200 g/mol. The van der Waals surface area contributed by atoms with E-state index in [-0.39, 0.29) is 0 Å². The third kappa shape index (κ3) is 1.46. The van der Waals surface area contributed by atoms with E-state index in [1.807, 2.05) is 6.07 Å². The first kappa shape index (κ1) is 9.02. The molecule has 0 N–H and O–H groups in total. The molecule has 0 amide bonds. The molecule has 78 valence electrons. The molecule has 1 fully saturated rings. The van der Waals surface area contributed by atoms with Gasteiger partial charge < -0.3 is 4.74 Å². The average Bonchev–Trinajstić information content (AvgIpc) is 2.91. The van der Waals surface area contributed by atoms with Crippen molar-refractivity contribution in [2.75, 3.05) is 7.11 Å². The Kier molecular flexibility index (Phi) is 2.05. The summed E-state index contributed by atoms with van der Waals surface area (Å²) < 4.78 is 5.27. The van der Waals surface area contributed by atoms with Crippen molar-refractivity contribution in [2.45, 2.75) is 19.3 Å². The van der Waals surface area contributed by atoms with Crippen LogP contribution in [0.4, 0.5) is 0 Å². The normalized spacial score (nSPS) is 27.9. The standard InChI is InChI=1S/C14H16O/c1-15-13-4-2-3-11(9-13)14-8-10-5-6-12(14)7-10/h2-4,8-10,12H,5-7H2,1H3. The third-order valence-corrected chi connectivity index (χ3v) is 3.73. The number of hydrogen-bond acceptors (Lipinski definition) is 1. The van der Waals surface area contributed by atoms with Crippen LogP contribution in [0.15, 0.2) is 30.3 Å². The summed E-state index contributed by atoms with van der Waals surface area (Å²) in [6.45, 7) is 0. The molecule has 2 bridgehead atoms. The van der Waals surface area contributed by atoms with E-state index in [9.17, 15) is 0 Å². The van der Waals surface area contributed by atoms with Gasteiger partial charge in [-0.1, -0.05) is 18.2 Å². The van der Waals surface area contributed by atoms with Crippen molar-refractivity contribution in [3.05, 3.63) is 35.9 Å². The largest absolute Gasteiger partial charge is 0.497 e. The van der Waals surface area contributed by atoms with Gasteiger partial charge in [-0.15, -0.1) is 0 Å². The molecule has 3 rings (SSSR count). The molecule has 0 aliphatic heterocycles. The number of allylic oxidation sites excluding steroid dienone is 2. The number of ether oxygens (including phenoxy) is 1. The fraction of sp³-hybridized carbons (Fsp3) is 0.429. The summed E-state index contributed by atoms with van der Waals surface area (Å²) in [6, 6.07) is 8.46. The molecule has 2 atom stereocenters. The predicted molar refractivity (Wildman–Crippen MR) is 61.8 cm³/mol. The van der Waals surface area contributed by atoms with Crippen molar-refractivity contribution in [3.8, 4) is 5.75 Å². The van der Waals surface area contributed by atoms with E-state index in [4.69, 9.17) is 4.74 Å². The highest BCUT2D eigenvalue weighted by molar-refractivity contribution is 5.71. The molecule has 0 radical (unpaired) electrons. The summed E-state index contributed by atoms with van der Waals surface area (Å²) >= 11 is 0. The minimum atomic E-state index is 0.821. The molecule has 1 aromatic rings. The van der Waals surface area contributed by atoms with E-state index in [2.05, 4.69) is 24.3 Å². The Morgan fingerprint density at radius 2 is 2.20 bits per heavy atom. The Balaban J connectivity index is 1.96. The SMILES string of the molecule is COc1cccc(C2=CC3CCC2C3)c1. The van der Waals surface area contributed by atoms with E-state index < -0.39 is 0 Å². The minimum absolute atomic E-state index is 0.821. The molecule has 2 unspecified atom stereocenters. The number of rotatable bonds is 2. The molecule has 1 nitrogen and oxygen atoms in total. The second-order valence-electron chi connectivity index (χ2n) is 4.62. The summed E-state index contributed by atoms with van der Waals surface area (Å²) in [6.07, 6.45) is 6.64. The van der Waals surface area contributed by atoms with Gasteiger partial charge in [0, 0.05) is 0 Å². The van der Waals surface area contributed by atoms with Crippen LogP contribution in [0.2, 0.25) is 0 Å². The van der Waals surface area contributed by atoms with Crippen molar-refractivity contribution in [3.63, 3.8) is 0 Å². The molecule has 0 spiro atoms. The topological polar surface area (TPSA) is 9.23 Å². The van der Waals surface area contributed by atoms with Crippen LogP contribution in [-0.4, -0.2) is 7.11 Å². The molecule has 0 saturated heterocycles. The summed E-state index contributed by atoms with van der Waals surface area (Å²) in [5, 5.41) is 0. The van der Waals surface area contributed by atoms with Crippen molar-refractivity contribution in [1.29, 1.82) is 0 Å². The quantitative estimate of drug-likeness (QED) is 0.710. The summed E-state index contributed by atoms with van der Waals surface area (Å²) in [7, 11) is 1.73. The van der Waals surface area contributed by atoms with E-state index in [0.29, 0.717) is 0 Å². The maximum absolute atomic E-state index is 5.27. The van der Waals surface area contributed by atoms with E-state index >= 15 is 0 Å². The van der Waals surface area contributed by atoms with Crippen LogP contribution >= 0.6 is 0 Å². The average molecular weight is 200 g/mol. The molecule has 1 heteroatoms. The molecular weight excluding hydrogens is 184 g/mol. The lowest BCUT2D eigenvalue weighted by Crippen LogP contribution is -1.96. The van der Waals surface area contributed by atoms with Crippen LogP contribution in [0.25, 0.3) is 5.57 Å². The number of fused-ring (bicyclic) bond motifs is 2. The molecule has 2 aliphatic carbocycles. The van der Waals surface area contributed by atoms with Crippen LogP contribution in [0.5, 0.6) is 5.75 Å². The Labute approximate surface area is 90.8 Å². The van der Waals surface area contributed by atoms with Crippen LogP contribution in [-0.2, 0) is 0 Å². The predicted octanol–water partition coefficient (Wildman–Crippen LogP) is 3.51. The lowest BCUT2D eigenvalue weighted by molar-refractivity contribution is 0.414. The Morgan fingerprint density at radius 3 is 2.87 bits per heavy atom. The number of hydrogen-bond donors (Lipinski definition) is 0. The number of methoxy groups -OCH3 is 1. The highest BCUT2D eigenvalue weighted by Crippen LogP contribution is 2.48. The van der Waals surface area contributed by atoms with Crippen molar-refractivity contribution in [1.82, 2.24) is 0 Å². The fourth-order valence-electron chi connectivity index (χ4n) is 2.97. The van der Waals surface area contributed by atoms with Crippen molar-refractivity contribution < 1.29 is 4.74 Å². The molecule has 15 heavy (non-hydrogen) atoms. The third-order valence-electron chi connectivity index (χ3n) is 3.73. The van der Waals surface area contributed by atoms with Crippen molar-refractivity contribution in [2.24, 2.45) is 11.8 Å². The smallest absolute Gasteiger partial charge is 0.119 e. The van der Waals surface area contributed by atoms with Gasteiger partial charge in [0.1, 0.15) is 5.75 Å². The van der Waals surface area contributed by atoms with Gasteiger partial charge in [0.05, 0.1) is 7.11 Å². The lowest BCUT2D eigenvalue weighted by Gasteiger charge is -2.14. The van der Waals surface area contributed by atoms with Crippen LogP contribution in [0.3, 0.4) is 0 Å². The van der Waals surface area contributed by atoms with Gasteiger partial charge in [-0.25, -0.2) is 0 Å². The Morgan fingerprint density at radius 1 is 1.27 bits per heavy atom. The lowest BCUT2D eigenvalue weighted by atomic mass is 9.92. The molecule has 1 saturated carbocycles.